The van der Waals surface area contributed by atoms with Crippen LogP contribution in [0.25, 0.3) is 10.8 Å². The second-order valence-corrected chi connectivity index (χ2v) is 8.12. The zero-order valence-corrected chi connectivity index (χ0v) is 13.2. The van der Waals surface area contributed by atoms with Crippen LogP contribution in [0.5, 0.6) is 0 Å². The third kappa shape index (κ3) is 2.50. The minimum Gasteiger partial charge on any atom is -0.469 e. The van der Waals surface area contributed by atoms with E-state index in [4.69, 9.17) is 0 Å². The molecule has 0 bridgehead atoms. The molecule has 0 aliphatic heterocycles. The van der Waals surface area contributed by atoms with E-state index in [9.17, 15) is 13.2 Å². The van der Waals surface area contributed by atoms with E-state index in [2.05, 4.69) is 4.74 Å². The van der Waals surface area contributed by atoms with Crippen molar-refractivity contribution in [3.05, 3.63) is 42.5 Å². The molecular weight excluding hydrogens is 300 g/mol. The first-order valence-corrected chi connectivity index (χ1v) is 8.77. The van der Waals surface area contributed by atoms with Gasteiger partial charge in [0.1, 0.15) is 0 Å². The first kappa shape index (κ1) is 15.0. The average molecular weight is 318 g/mol. The lowest BCUT2D eigenvalue weighted by Gasteiger charge is -2.16. The molecule has 4 nitrogen and oxygen atoms in total. The van der Waals surface area contributed by atoms with Gasteiger partial charge in [-0.25, -0.2) is 8.42 Å². The lowest BCUT2D eigenvalue weighted by atomic mass is 10.1. The maximum absolute atomic E-state index is 12.9. The zero-order valence-electron chi connectivity index (χ0n) is 12.4. The van der Waals surface area contributed by atoms with E-state index >= 15 is 0 Å². The van der Waals surface area contributed by atoms with Crippen LogP contribution in [0.1, 0.15) is 25.7 Å². The Labute approximate surface area is 130 Å². The number of rotatable bonds is 5. The number of methoxy groups -OCH3 is 1. The standard InChI is InChI=1S/C17H18O4S/c1-21-16(18)8-9-17(10-11-17)22(19,20)15-7-6-13-4-2-3-5-14(13)12-15/h2-7,12H,8-11H2,1H3. The van der Waals surface area contributed by atoms with Crippen molar-refractivity contribution in [2.45, 2.75) is 35.3 Å². The number of benzene rings is 2. The predicted octanol–water partition coefficient (Wildman–Crippen LogP) is 3.10. The molecule has 1 saturated carbocycles. The van der Waals surface area contributed by atoms with Gasteiger partial charge in [-0.2, -0.15) is 0 Å². The van der Waals surface area contributed by atoms with Crippen LogP contribution in [-0.2, 0) is 19.4 Å². The maximum Gasteiger partial charge on any atom is 0.305 e. The Bertz CT molecular complexity index is 819. The van der Waals surface area contributed by atoms with Gasteiger partial charge in [-0.3, -0.25) is 4.79 Å². The fraction of sp³-hybridized carbons (Fsp3) is 0.353. The van der Waals surface area contributed by atoms with Gasteiger partial charge in [0.05, 0.1) is 16.8 Å². The number of sulfone groups is 1. The van der Waals surface area contributed by atoms with Crippen LogP contribution < -0.4 is 0 Å². The molecular formula is C17H18O4S. The second-order valence-electron chi connectivity index (χ2n) is 5.77. The molecule has 0 radical (unpaired) electrons. The Morgan fingerprint density at radius 2 is 1.82 bits per heavy atom. The second kappa shape index (κ2) is 5.39. The molecule has 0 amide bonds. The molecule has 0 atom stereocenters. The van der Waals surface area contributed by atoms with Crippen molar-refractivity contribution in [3.63, 3.8) is 0 Å². The molecule has 0 unspecified atom stereocenters. The van der Waals surface area contributed by atoms with Crippen LogP contribution in [0, 0.1) is 0 Å². The molecule has 1 fully saturated rings. The quantitative estimate of drug-likeness (QED) is 0.795. The number of ether oxygens (including phenoxy) is 1. The van der Waals surface area contributed by atoms with Crippen molar-refractivity contribution in [2.75, 3.05) is 7.11 Å². The first-order valence-electron chi connectivity index (χ1n) is 7.29. The number of carbonyl (C=O) groups excluding carboxylic acids is 1. The van der Waals surface area contributed by atoms with Crippen molar-refractivity contribution in [1.82, 2.24) is 0 Å². The Morgan fingerprint density at radius 1 is 1.14 bits per heavy atom. The van der Waals surface area contributed by atoms with Gasteiger partial charge in [0.15, 0.2) is 9.84 Å². The van der Waals surface area contributed by atoms with Crippen LogP contribution in [0.2, 0.25) is 0 Å². The summed E-state index contributed by atoms with van der Waals surface area (Å²) < 4.78 is 29.6. The smallest absolute Gasteiger partial charge is 0.305 e. The molecule has 1 aliphatic carbocycles. The van der Waals surface area contributed by atoms with E-state index < -0.39 is 14.6 Å². The number of fused-ring (bicyclic) bond motifs is 1. The fourth-order valence-corrected chi connectivity index (χ4v) is 4.85. The van der Waals surface area contributed by atoms with Crippen LogP contribution in [0.3, 0.4) is 0 Å². The van der Waals surface area contributed by atoms with E-state index in [0.717, 1.165) is 10.8 Å². The molecule has 5 heteroatoms. The summed E-state index contributed by atoms with van der Waals surface area (Å²) in [5.41, 5.74) is 0. The number of carbonyl (C=O) groups is 1. The Balaban J connectivity index is 1.92. The molecule has 116 valence electrons. The van der Waals surface area contributed by atoms with Crippen molar-refractivity contribution in [3.8, 4) is 0 Å². The van der Waals surface area contributed by atoms with Crippen LogP contribution in [0.4, 0.5) is 0 Å². The highest BCUT2D eigenvalue weighted by molar-refractivity contribution is 7.93. The third-order valence-electron chi connectivity index (χ3n) is 4.42. The lowest BCUT2D eigenvalue weighted by Crippen LogP contribution is -2.24. The van der Waals surface area contributed by atoms with Gasteiger partial charge in [-0.1, -0.05) is 30.3 Å². The highest BCUT2D eigenvalue weighted by Crippen LogP contribution is 2.50. The summed E-state index contributed by atoms with van der Waals surface area (Å²) in [6.07, 6.45) is 1.69. The summed E-state index contributed by atoms with van der Waals surface area (Å²) in [4.78, 5) is 11.6. The zero-order chi connectivity index (χ0) is 15.8. The summed E-state index contributed by atoms with van der Waals surface area (Å²) in [6.45, 7) is 0. The topological polar surface area (TPSA) is 60.4 Å². The van der Waals surface area contributed by atoms with E-state index in [-0.39, 0.29) is 12.4 Å². The molecule has 0 N–H and O–H groups in total. The van der Waals surface area contributed by atoms with Gasteiger partial charge in [0.2, 0.25) is 0 Å². The summed E-state index contributed by atoms with van der Waals surface area (Å²) >= 11 is 0. The largest absolute Gasteiger partial charge is 0.469 e. The van der Waals surface area contributed by atoms with Crippen LogP contribution in [-0.4, -0.2) is 26.2 Å². The Morgan fingerprint density at radius 3 is 2.45 bits per heavy atom. The molecule has 22 heavy (non-hydrogen) atoms. The van der Waals surface area contributed by atoms with Crippen molar-refractivity contribution < 1.29 is 17.9 Å². The van der Waals surface area contributed by atoms with E-state index in [0.29, 0.717) is 24.2 Å². The van der Waals surface area contributed by atoms with Crippen LogP contribution >= 0.6 is 0 Å². The Hall–Kier alpha value is -1.88. The number of hydrogen-bond acceptors (Lipinski definition) is 4. The van der Waals surface area contributed by atoms with Gasteiger partial charge >= 0.3 is 5.97 Å². The highest BCUT2D eigenvalue weighted by Gasteiger charge is 2.54. The van der Waals surface area contributed by atoms with Gasteiger partial charge in [0.25, 0.3) is 0 Å². The average Bonchev–Trinajstić information content (AvgIpc) is 3.33. The summed E-state index contributed by atoms with van der Waals surface area (Å²) in [5.74, 6) is -0.361. The van der Waals surface area contributed by atoms with E-state index in [1.807, 2.05) is 30.3 Å². The van der Waals surface area contributed by atoms with Crippen LogP contribution in [0.15, 0.2) is 47.4 Å². The summed E-state index contributed by atoms with van der Waals surface area (Å²) in [7, 11) is -2.11. The molecule has 2 aromatic rings. The third-order valence-corrected chi connectivity index (χ3v) is 7.05. The van der Waals surface area contributed by atoms with Gasteiger partial charge < -0.3 is 4.74 Å². The summed E-state index contributed by atoms with van der Waals surface area (Å²) in [6, 6.07) is 12.9. The number of esters is 1. The predicted molar refractivity (Wildman–Crippen MR) is 84.3 cm³/mol. The van der Waals surface area contributed by atoms with Crippen molar-refractivity contribution in [2.24, 2.45) is 0 Å². The first-order chi connectivity index (χ1) is 10.5. The summed E-state index contributed by atoms with van der Waals surface area (Å²) in [5, 5.41) is 1.92. The Kier molecular flexibility index (Phi) is 3.68. The SMILES string of the molecule is COC(=O)CCC1(S(=O)(=O)c2ccc3ccccc3c2)CC1. The lowest BCUT2D eigenvalue weighted by molar-refractivity contribution is -0.140. The molecule has 2 aromatic carbocycles. The van der Waals surface area contributed by atoms with E-state index in [1.54, 1.807) is 12.1 Å². The fourth-order valence-electron chi connectivity index (χ4n) is 2.81. The van der Waals surface area contributed by atoms with Gasteiger partial charge in [-0.05, 0) is 42.2 Å². The minimum atomic E-state index is -3.43. The highest BCUT2D eigenvalue weighted by atomic mass is 32.2. The molecule has 1 aliphatic rings. The van der Waals surface area contributed by atoms with E-state index in [1.165, 1.54) is 7.11 Å². The molecule has 0 saturated heterocycles. The van der Waals surface area contributed by atoms with Crippen molar-refractivity contribution >= 4 is 26.6 Å². The normalized spacial score (nSPS) is 16.4. The number of hydrogen-bond donors (Lipinski definition) is 0. The molecule has 3 rings (SSSR count). The minimum absolute atomic E-state index is 0.142. The molecule has 0 heterocycles. The van der Waals surface area contributed by atoms with Gasteiger partial charge in [-0.15, -0.1) is 0 Å². The molecule has 0 spiro atoms. The van der Waals surface area contributed by atoms with Crippen molar-refractivity contribution in [1.29, 1.82) is 0 Å². The molecule has 0 aromatic heterocycles. The monoisotopic (exact) mass is 318 g/mol. The van der Waals surface area contributed by atoms with Gasteiger partial charge in [0, 0.05) is 6.42 Å². The maximum atomic E-state index is 12.9.